The Bertz CT molecular complexity index is 821. The maximum atomic E-state index is 11.8. The third-order valence-corrected chi connectivity index (χ3v) is 3.59. The Hall–Kier alpha value is -2.75. The molecule has 1 heterocycles. The predicted molar refractivity (Wildman–Crippen MR) is 87.9 cm³/mol. The molecule has 0 aliphatic heterocycles. The molecule has 0 saturated heterocycles. The Morgan fingerprint density at radius 2 is 2.05 bits per heavy atom. The summed E-state index contributed by atoms with van der Waals surface area (Å²) in [5.41, 5.74) is 9.33. The molecule has 0 bridgehead atoms. The largest absolute Gasteiger partial charge is 0.462 e. The van der Waals surface area contributed by atoms with Gasteiger partial charge in [-0.05, 0) is 48.9 Å². The van der Waals surface area contributed by atoms with Gasteiger partial charge in [-0.25, -0.2) is 4.79 Å². The molecule has 0 atom stereocenters. The highest BCUT2D eigenvalue weighted by atomic mass is 16.5. The number of anilines is 1. The number of hydrogen-bond donors (Lipinski definition) is 1. The average Bonchev–Trinajstić information content (AvgIpc) is 2.90. The molecule has 4 nitrogen and oxygen atoms in total. The molecule has 1 aromatic heterocycles. The molecule has 22 heavy (non-hydrogen) atoms. The van der Waals surface area contributed by atoms with Crippen molar-refractivity contribution in [2.45, 2.75) is 13.5 Å². The molecular weight excluding hydrogens is 276 g/mol. The highest BCUT2D eigenvalue weighted by Crippen LogP contribution is 2.20. The molecule has 0 unspecified atom stereocenters. The molecule has 3 aromatic rings. The summed E-state index contributed by atoms with van der Waals surface area (Å²) in [7, 11) is 0. The van der Waals surface area contributed by atoms with E-state index in [0.717, 1.165) is 22.2 Å². The van der Waals surface area contributed by atoms with Gasteiger partial charge >= 0.3 is 5.97 Å². The quantitative estimate of drug-likeness (QED) is 0.592. The van der Waals surface area contributed by atoms with Gasteiger partial charge in [-0.15, -0.1) is 0 Å². The second-order valence-corrected chi connectivity index (χ2v) is 5.18. The van der Waals surface area contributed by atoms with Crippen molar-refractivity contribution >= 4 is 22.6 Å². The number of nitrogens with two attached hydrogens (primary N) is 1. The maximum absolute atomic E-state index is 11.8. The van der Waals surface area contributed by atoms with Crippen LogP contribution in [-0.2, 0) is 11.3 Å². The van der Waals surface area contributed by atoms with Crippen LogP contribution < -0.4 is 5.73 Å². The van der Waals surface area contributed by atoms with E-state index in [2.05, 4.69) is 4.57 Å². The van der Waals surface area contributed by atoms with Crippen LogP contribution in [0.25, 0.3) is 10.9 Å². The van der Waals surface area contributed by atoms with E-state index in [4.69, 9.17) is 10.5 Å². The molecule has 0 spiro atoms. The van der Waals surface area contributed by atoms with E-state index in [1.54, 1.807) is 13.0 Å². The highest BCUT2D eigenvalue weighted by molar-refractivity contribution is 5.89. The van der Waals surface area contributed by atoms with Gasteiger partial charge in [0.05, 0.1) is 12.2 Å². The first kappa shape index (κ1) is 14.2. The molecule has 0 saturated carbocycles. The molecule has 0 aliphatic rings. The Morgan fingerprint density at radius 1 is 1.18 bits per heavy atom. The number of aromatic nitrogens is 1. The van der Waals surface area contributed by atoms with E-state index in [-0.39, 0.29) is 5.97 Å². The van der Waals surface area contributed by atoms with E-state index in [0.29, 0.717) is 18.7 Å². The zero-order valence-electron chi connectivity index (χ0n) is 12.5. The second kappa shape index (κ2) is 5.93. The highest BCUT2D eigenvalue weighted by Gasteiger charge is 2.08. The minimum absolute atomic E-state index is 0.283. The van der Waals surface area contributed by atoms with E-state index >= 15 is 0 Å². The summed E-state index contributed by atoms with van der Waals surface area (Å²) < 4.78 is 7.18. The van der Waals surface area contributed by atoms with Gasteiger partial charge in [-0.2, -0.15) is 0 Å². The van der Waals surface area contributed by atoms with Crippen LogP contribution in [0.15, 0.2) is 54.7 Å². The molecule has 3 rings (SSSR count). The molecule has 112 valence electrons. The van der Waals surface area contributed by atoms with Crippen molar-refractivity contribution in [2.75, 3.05) is 12.3 Å². The first-order valence-corrected chi connectivity index (χ1v) is 7.28. The van der Waals surface area contributed by atoms with Crippen molar-refractivity contribution in [3.8, 4) is 0 Å². The minimum Gasteiger partial charge on any atom is -0.462 e. The van der Waals surface area contributed by atoms with Crippen LogP contribution in [0, 0.1) is 0 Å². The Labute approximate surface area is 129 Å². The van der Waals surface area contributed by atoms with Gasteiger partial charge in [0.25, 0.3) is 0 Å². The van der Waals surface area contributed by atoms with E-state index in [9.17, 15) is 4.79 Å². The van der Waals surface area contributed by atoms with Crippen LogP contribution >= 0.6 is 0 Å². The lowest BCUT2D eigenvalue weighted by Crippen LogP contribution is -2.06. The SMILES string of the molecule is CCOC(=O)c1cccc(Cn2ccc3cc(N)ccc32)c1. The summed E-state index contributed by atoms with van der Waals surface area (Å²) in [4.78, 5) is 11.8. The Morgan fingerprint density at radius 3 is 2.86 bits per heavy atom. The zero-order chi connectivity index (χ0) is 15.5. The van der Waals surface area contributed by atoms with E-state index in [1.165, 1.54) is 0 Å². The van der Waals surface area contributed by atoms with Crippen LogP contribution in [0.5, 0.6) is 0 Å². The summed E-state index contributed by atoms with van der Waals surface area (Å²) in [6.07, 6.45) is 2.03. The van der Waals surface area contributed by atoms with Crippen LogP contribution in [0.2, 0.25) is 0 Å². The molecular formula is C18H18N2O2. The number of nitrogen functional groups attached to an aromatic ring is 1. The summed E-state index contributed by atoms with van der Waals surface area (Å²) in [6, 6.07) is 15.4. The maximum Gasteiger partial charge on any atom is 0.338 e. The van der Waals surface area contributed by atoms with Crippen molar-refractivity contribution in [1.29, 1.82) is 0 Å². The third kappa shape index (κ3) is 2.81. The lowest BCUT2D eigenvalue weighted by atomic mass is 10.1. The average molecular weight is 294 g/mol. The van der Waals surface area contributed by atoms with Crippen molar-refractivity contribution in [3.63, 3.8) is 0 Å². The van der Waals surface area contributed by atoms with Gasteiger partial charge in [-0.1, -0.05) is 12.1 Å². The monoisotopic (exact) mass is 294 g/mol. The number of nitrogens with zero attached hydrogens (tertiary/aromatic N) is 1. The van der Waals surface area contributed by atoms with Gasteiger partial charge in [-0.3, -0.25) is 0 Å². The molecule has 0 aliphatic carbocycles. The number of hydrogen-bond acceptors (Lipinski definition) is 3. The summed E-state index contributed by atoms with van der Waals surface area (Å²) in [6.45, 7) is 2.88. The van der Waals surface area contributed by atoms with Crippen LogP contribution in [-0.4, -0.2) is 17.1 Å². The predicted octanol–water partition coefficient (Wildman–Crippen LogP) is 3.45. The van der Waals surface area contributed by atoms with Crippen LogP contribution in [0.3, 0.4) is 0 Å². The second-order valence-electron chi connectivity index (χ2n) is 5.18. The van der Waals surface area contributed by atoms with Crippen molar-refractivity contribution in [1.82, 2.24) is 4.57 Å². The van der Waals surface area contributed by atoms with Gasteiger partial charge in [0, 0.05) is 29.3 Å². The Kier molecular flexibility index (Phi) is 3.83. The number of esters is 1. The summed E-state index contributed by atoms with van der Waals surface area (Å²) in [5, 5.41) is 1.11. The number of carbonyl (C=O) groups excluding carboxylic acids is 1. The number of benzene rings is 2. The molecule has 2 N–H and O–H groups in total. The fourth-order valence-corrected chi connectivity index (χ4v) is 2.56. The summed E-state index contributed by atoms with van der Waals surface area (Å²) in [5.74, 6) is -0.283. The zero-order valence-corrected chi connectivity index (χ0v) is 12.5. The number of fused-ring (bicyclic) bond motifs is 1. The van der Waals surface area contributed by atoms with Gasteiger partial charge < -0.3 is 15.0 Å². The fourth-order valence-electron chi connectivity index (χ4n) is 2.56. The minimum atomic E-state index is -0.283. The van der Waals surface area contributed by atoms with E-state index < -0.39 is 0 Å². The fraction of sp³-hybridized carbons (Fsp3) is 0.167. The normalized spacial score (nSPS) is 10.8. The lowest BCUT2D eigenvalue weighted by Gasteiger charge is -2.08. The smallest absolute Gasteiger partial charge is 0.338 e. The van der Waals surface area contributed by atoms with Gasteiger partial charge in [0.2, 0.25) is 0 Å². The molecule has 0 amide bonds. The van der Waals surface area contributed by atoms with Gasteiger partial charge in [0.1, 0.15) is 0 Å². The first-order chi connectivity index (χ1) is 10.7. The molecule has 0 radical (unpaired) electrons. The third-order valence-electron chi connectivity index (χ3n) is 3.59. The summed E-state index contributed by atoms with van der Waals surface area (Å²) >= 11 is 0. The van der Waals surface area contributed by atoms with Crippen molar-refractivity contribution < 1.29 is 9.53 Å². The molecule has 4 heteroatoms. The van der Waals surface area contributed by atoms with Crippen molar-refractivity contribution in [2.24, 2.45) is 0 Å². The Balaban J connectivity index is 1.88. The number of ether oxygens (including phenoxy) is 1. The molecule has 2 aromatic carbocycles. The molecule has 0 fully saturated rings. The lowest BCUT2D eigenvalue weighted by molar-refractivity contribution is 0.0526. The van der Waals surface area contributed by atoms with Crippen LogP contribution in [0.1, 0.15) is 22.8 Å². The number of rotatable bonds is 4. The van der Waals surface area contributed by atoms with E-state index in [1.807, 2.05) is 48.7 Å². The first-order valence-electron chi connectivity index (χ1n) is 7.28. The number of carbonyl (C=O) groups is 1. The van der Waals surface area contributed by atoms with Crippen molar-refractivity contribution in [3.05, 3.63) is 65.9 Å². The topological polar surface area (TPSA) is 57.2 Å². The standard InChI is InChI=1S/C18H18N2O2/c1-2-22-18(21)15-5-3-4-13(10-15)12-20-9-8-14-11-16(19)6-7-17(14)20/h3-11H,2,12,19H2,1H3. The van der Waals surface area contributed by atoms with Crippen LogP contribution in [0.4, 0.5) is 5.69 Å². The van der Waals surface area contributed by atoms with Gasteiger partial charge in [0.15, 0.2) is 0 Å².